The molecule has 1 fully saturated rings. The van der Waals surface area contributed by atoms with E-state index >= 15 is 0 Å². The summed E-state index contributed by atoms with van der Waals surface area (Å²) in [6.45, 7) is -0.170. The Hall–Kier alpha value is -2.08. The highest BCUT2D eigenvalue weighted by Crippen LogP contribution is 2.29. The first-order valence-electron chi connectivity index (χ1n) is 5.39. The van der Waals surface area contributed by atoms with Gasteiger partial charge in [-0.25, -0.2) is 9.03 Å². The fourth-order valence-electron chi connectivity index (χ4n) is 2.09. The molecule has 1 aliphatic rings. The normalized spacial score (nSPS) is 18.0. The molecule has 2 aromatic rings. The van der Waals surface area contributed by atoms with Gasteiger partial charge >= 0.3 is 10.2 Å². The standard InChI is InChI=1S/C12H10N2O3S/c15-12-8-14(18(16,17)13-12)11-7-3-5-9-4-1-2-6-10(9)11/h1-7H,8H2,(H,13,15). The van der Waals surface area contributed by atoms with Gasteiger partial charge in [-0.3, -0.25) is 4.79 Å². The Morgan fingerprint density at radius 1 is 1.06 bits per heavy atom. The van der Waals surface area contributed by atoms with Crippen molar-refractivity contribution in [3.05, 3.63) is 42.5 Å². The van der Waals surface area contributed by atoms with E-state index in [9.17, 15) is 13.2 Å². The summed E-state index contributed by atoms with van der Waals surface area (Å²) < 4.78 is 26.7. The van der Waals surface area contributed by atoms with E-state index in [4.69, 9.17) is 0 Å². The first-order valence-corrected chi connectivity index (χ1v) is 6.83. The maximum Gasteiger partial charge on any atom is 0.326 e. The highest BCUT2D eigenvalue weighted by atomic mass is 32.2. The maximum atomic E-state index is 11.8. The average Bonchev–Trinajstić information content (AvgIpc) is 2.61. The van der Waals surface area contributed by atoms with Crippen molar-refractivity contribution in [2.24, 2.45) is 0 Å². The molecular weight excluding hydrogens is 252 g/mol. The zero-order valence-corrected chi connectivity index (χ0v) is 10.1. The van der Waals surface area contributed by atoms with Crippen molar-refractivity contribution in [3.8, 4) is 0 Å². The molecule has 0 saturated carbocycles. The molecule has 5 nitrogen and oxygen atoms in total. The Bertz CT molecular complexity index is 735. The molecule has 0 spiro atoms. The van der Waals surface area contributed by atoms with Crippen molar-refractivity contribution in [3.63, 3.8) is 0 Å². The third-order valence-electron chi connectivity index (χ3n) is 2.86. The molecule has 3 rings (SSSR count). The number of nitrogens with zero attached hydrogens (tertiary/aromatic N) is 1. The van der Waals surface area contributed by atoms with Crippen molar-refractivity contribution < 1.29 is 13.2 Å². The van der Waals surface area contributed by atoms with E-state index in [1.54, 1.807) is 12.1 Å². The van der Waals surface area contributed by atoms with Gasteiger partial charge in [-0.05, 0) is 11.5 Å². The van der Waals surface area contributed by atoms with Crippen molar-refractivity contribution in [1.82, 2.24) is 4.72 Å². The van der Waals surface area contributed by atoms with Gasteiger partial charge in [0.2, 0.25) is 0 Å². The Balaban J connectivity index is 2.24. The second-order valence-electron chi connectivity index (χ2n) is 4.04. The molecule has 1 N–H and O–H groups in total. The topological polar surface area (TPSA) is 66.5 Å². The molecule has 1 saturated heterocycles. The number of hydrogen-bond acceptors (Lipinski definition) is 3. The predicted octanol–water partition coefficient (Wildman–Crippen LogP) is 1.02. The van der Waals surface area contributed by atoms with Crippen LogP contribution in [-0.2, 0) is 15.0 Å². The highest BCUT2D eigenvalue weighted by Gasteiger charge is 2.34. The predicted molar refractivity (Wildman–Crippen MR) is 68.4 cm³/mol. The Labute approximate surface area is 104 Å². The fourth-order valence-corrected chi connectivity index (χ4v) is 3.25. The molecule has 0 aliphatic carbocycles. The number of carbonyl (C=O) groups is 1. The average molecular weight is 262 g/mol. The minimum absolute atomic E-state index is 0.170. The van der Waals surface area contributed by atoms with Crippen LogP contribution in [0.5, 0.6) is 0 Å². The van der Waals surface area contributed by atoms with Gasteiger partial charge in [0.25, 0.3) is 5.91 Å². The molecule has 6 heteroatoms. The number of hydrogen-bond donors (Lipinski definition) is 1. The molecule has 0 aromatic heterocycles. The molecule has 0 unspecified atom stereocenters. The summed E-state index contributed by atoms with van der Waals surface area (Å²) in [4.78, 5) is 11.2. The van der Waals surface area contributed by atoms with Gasteiger partial charge in [-0.1, -0.05) is 36.4 Å². The Morgan fingerprint density at radius 3 is 2.50 bits per heavy atom. The van der Waals surface area contributed by atoms with Gasteiger partial charge < -0.3 is 0 Å². The monoisotopic (exact) mass is 262 g/mol. The van der Waals surface area contributed by atoms with Gasteiger partial charge in [0.15, 0.2) is 0 Å². The molecule has 0 radical (unpaired) electrons. The Morgan fingerprint density at radius 2 is 1.78 bits per heavy atom. The molecule has 1 amide bonds. The molecule has 2 aromatic carbocycles. The molecule has 18 heavy (non-hydrogen) atoms. The number of fused-ring (bicyclic) bond motifs is 1. The number of benzene rings is 2. The van der Waals surface area contributed by atoms with Gasteiger partial charge in [0.1, 0.15) is 6.54 Å². The quantitative estimate of drug-likeness (QED) is 0.834. The summed E-state index contributed by atoms with van der Waals surface area (Å²) in [7, 11) is -3.75. The second kappa shape index (κ2) is 3.71. The van der Waals surface area contributed by atoms with Crippen molar-refractivity contribution in [2.45, 2.75) is 0 Å². The number of rotatable bonds is 1. The van der Waals surface area contributed by atoms with Crippen LogP contribution < -0.4 is 9.03 Å². The third-order valence-corrected chi connectivity index (χ3v) is 4.25. The van der Waals surface area contributed by atoms with Crippen LogP contribution in [-0.4, -0.2) is 20.9 Å². The van der Waals surface area contributed by atoms with Crippen LogP contribution >= 0.6 is 0 Å². The zero-order valence-electron chi connectivity index (χ0n) is 9.33. The number of amides is 1. The second-order valence-corrected chi connectivity index (χ2v) is 5.63. The molecule has 92 valence electrons. The van der Waals surface area contributed by atoms with Crippen molar-refractivity contribution in [1.29, 1.82) is 0 Å². The van der Waals surface area contributed by atoms with Gasteiger partial charge in [-0.15, -0.1) is 0 Å². The summed E-state index contributed by atoms with van der Waals surface area (Å²) in [6, 6.07) is 12.8. The van der Waals surface area contributed by atoms with Crippen LogP contribution in [0.4, 0.5) is 5.69 Å². The van der Waals surface area contributed by atoms with Crippen molar-refractivity contribution in [2.75, 3.05) is 10.8 Å². The molecular formula is C12H10N2O3S. The molecule has 1 heterocycles. The fraction of sp³-hybridized carbons (Fsp3) is 0.0833. The first kappa shape index (κ1) is 11.0. The summed E-state index contributed by atoms with van der Waals surface area (Å²) in [5.74, 6) is -0.511. The molecule has 1 aliphatic heterocycles. The van der Waals surface area contributed by atoms with Gasteiger partial charge in [-0.2, -0.15) is 8.42 Å². The SMILES string of the molecule is O=C1CN(c2cccc3ccccc23)S(=O)(=O)N1. The summed E-state index contributed by atoms with van der Waals surface area (Å²) >= 11 is 0. The number of carbonyl (C=O) groups excluding carboxylic acids is 1. The lowest BCUT2D eigenvalue weighted by molar-refractivity contribution is -0.117. The molecule has 0 bridgehead atoms. The van der Waals surface area contributed by atoms with E-state index in [2.05, 4.69) is 0 Å². The molecule has 0 atom stereocenters. The summed E-state index contributed by atoms with van der Waals surface area (Å²) in [6.07, 6.45) is 0. The lowest BCUT2D eigenvalue weighted by Gasteiger charge is -2.16. The maximum absolute atomic E-state index is 11.8. The lowest BCUT2D eigenvalue weighted by Crippen LogP contribution is -2.29. The van der Waals surface area contributed by atoms with Crippen LogP contribution in [0, 0.1) is 0 Å². The third kappa shape index (κ3) is 1.62. The zero-order chi connectivity index (χ0) is 12.8. The largest absolute Gasteiger partial charge is 0.326 e. The first-order chi connectivity index (χ1) is 8.58. The van der Waals surface area contributed by atoms with Crippen molar-refractivity contribution >= 4 is 32.6 Å². The number of anilines is 1. The van der Waals surface area contributed by atoms with Crippen LogP contribution in [0.25, 0.3) is 10.8 Å². The minimum atomic E-state index is -3.75. The van der Waals surface area contributed by atoms with Crippen LogP contribution in [0.2, 0.25) is 0 Å². The van der Waals surface area contributed by atoms with E-state index in [-0.39, 0.29) is 6.54 Å². The minimum Gasteiger partial charge on any atom is -0.272 e. The van der Waals surface area contributed by atoms with E-state index in [0.29, 0.717) is 5.69 Å². The highest BCUT2D eigenvalue weighted by molar-refractivity contribution is 7.92. The lowest BCUT2D eigenvalue weighted by atomic mass is 10.1. The van der Waals surface area contributed by atoms with E-state index in [0.717, 1.165) is 15.1 Å². The van der Waals surface area contributed by atoms with Gasteiger partial charge in [0, 0.05) is 5.39 Å². The number of nitrogens with one attached hydrogen (secondary N) is 1. The van der Waals surface area contributed by atoms with Crippen LogP contribution in [0.1, 0.15) is 0 Å². The van der Waals surface area contributed by atoms with E-state index in [1.165, 1.54) is 0 Å². The Kier molecular flexibility index (Phi) is 2.27. The van der Waals surface area contributed by atoms with E-state index in [1.807, 2.05) is 35.1 Å². The van der Waals surface area contributed by atoms with Crippen LogP contribution in [0.15, 0.2) is 42.5 Å². The summed E-state index contributed by atoms with van der Waals surface area (Å²) in [5.41, 5.74) is 0.520. The summed E-state index contributed by atoms with van der Waals surface area (Å²) in [5, 5.41) is 1.74. The van der Waals surface area contributed by atoms with E-state index < -0.39 is 16.1 Å². The smallest absolute Gasteiger partial charge is 0.272 e. The van der Waals surface area contributed by atoms with Gasteiger partial charge in [0.05, 0.1) is 5.69 Å². The van der Waals surface area contributed by atoms with Crippen LogP contribution in [0.3, 0.4) is 0 Å².